The van der Waals surface area contributed by atoms with Gasteiger partial charge in [0, 0.05) is 10.9 Å². The zero-order valence-corrected chi connectivity index (χ0v) is 19.5. The highest BCUT2D eigenvalue weighted by molar-refractivity contribution is 6.07. The molecule has 0 amide bonds. The van der Waals surface area contributed by atoms with Crippen LogP contribution in [0, 0.1) is 25.2 Å². The summed E-state index contributed by atoms with van der Waals surface area (Å²) < 4.78 is 12.3. The van der Waals surface area contributed by atoms with E-state index in [2.05, 4.69) is 6.07 Å². The number of para-hydroxylation sites is 1. The zero-order chi connectivity index (χ0) is 24.7. The minimum Gasteiger partial charge on any atom is -0.485 e. The number of carboxylic acid groups (broad SMARTS) is 1. The molecule has 5 aromatic rings. The number of hydrogen-bond donors (Lipinski definition) is 1. The summed E-state index contributed by atoms with van der Waals surface area (Å²) in [4.78, 5) is 17.2. The van der Waals surface area contributed by atoms with Gasteiger partial charge in [0.2, 0.25) is 0 Å². The molecule has 1 unspecified atom stereocenters. The summed E-state index contributed by atoms with van der Waals surface area (Å²) in [6, 6.07) is 22.1. The van der Waals surface area contributed by atoms with E-state index in [4.69, 9.17) is 19.4 Å². The summed E-state index contributed by atoms with van der Waals surface area (Å²) in [5.74, 6) is -0.0959. The van der Waals surface area contributed by atoms with Crippen LogP contribution in [0.4, 0.5) is 0 Å². The van der Waals surface area contributed by atoms with Crippen LogP contribution in [0.5, 0.6) is 5.75 Å². The fourth-order valence-electron chi connectivity index (χ4n) is 4.33. The summed E-state index contributed by atoms with van der Waals surface area (Å²) in [7, 11) is 0. The van der Waals surface area contributed by atoms with E-state index in [9.17, 15) is 9.90 Å². The molecule has 3 aromatic carbocycles. The van der Waals surface area contributed by atoms with Crippen molar-refractivity contribution in [3.63, 3.8) is 0 Å². The average Bonchev–Trinajstić information content (AvgIpc) is 3.21. The Labute approximate surface area is 202 Å². The van der Waals surface area contributed by atoms with Crippen molar-refractivity contribution in [2.75, 3.05) is 0 Å². The largest absolute Gasteiger partial charge is 0.485 e. The number of nitriles is 1. The lowest BCUT2D eigenvalue weighted by Crippen LogP contribution is -2.07. The van der Waals surface area contributed by atoms with Gasteiger partial charge < -0.3 is 14.3 Å². The topological polar surface area (TPSA) is 96.3 Å². The Morgan fingerprint density at radius 2 is 1.83 bits per heavy atom. The molecule has 0 fully saturated rings. The van der Waals surface area contributed by atoms with Crippen LogP contribution in [0.2, 0.25) is 0 Å². The summed E-state index contributed by atoms with van der Waals surface area (Å²) in [5.41, 5.74) is 5.00. The molecule has 0 radical (unpaired) electrons. The predicted octanol–water partition coefficient (Wildman–Crippen LogP) is 6.97. The van der Waals surface area contributed by atoms with Gasteiger partial charge in [-0.15, -0.1) is 0 Å². The second-order valence-electron chi connectivity index (χ2n) is 8.51. The van der Waals surface area contributed by atoms with Crippen LogP contribution in [0.15, 0.2) is 71.1 Å². The van der Waals surface area contributed by atoms with E-state index in [0.29, 0.717) is 33.7 Å². The Kier molecular flexibility index (Phi) is 5.46. The number of carboxylic acids is 1. The lowest BCUT2D eigenvalue weighted by atomic mass is 10.0. The molecule has 0 aliphatic rings. The molecule has 2 heterocycles. The minimum atomic E-state index is -1.08. The van der Waals surface area contributed by atoms with Gasteiger partial charge in [-0.1, -0.05) is 36.4 Å². The molecule has 6 heteroatoms. The molecule has 0 aliphatic heterocycles. The predicted molar refractivity (Wildman–Crippen MR) is 134 cm³/mol. The molecule has 5 rings (SSSR count). The highest BCUT2D eigenvalue weighted by Crippen LogP contribution is 2.38. The summed E-state index contributed by atoms with van der Waals surface area (Å²) in [6.45, 7) is 5.72. The average molecular weight is 463 g/mol. The van der Waals surface area contributed by atoms with E-state index in [1.807, 2.05) is 63.2 Å². The first-order valence-corrected chi connectivity index (χ1v) is 11.2. The second kappa shape index (κ2) is 8.62. The highest BCUT2D eigenvalue weighted by Gasteiger charge is 2.22. The molecule has 1 N–H and O–H groups in total. The normalized spacial score (nSPS) is 11.9. The molecule has 0 bridgehead atoms. The number of pyridine rings is 1. The first kappa shape index (κ1) is 22.2. The molecular formula is C29H22N2O4. The van der Waals surface area contributed by atoms with Crippen molar-refractivity contribution in [2.45, 2.75) is 26.9 Å². The van der Waals surface area contributed by atoms with Crippen molar-refractivity contribution in [2.24, 2.45) is 0 Å². The molecule has 35 heavy (non-hydrogen) atoms. The Morgan fingerprint density at radius 1 is 1.09 bits per heavy atom. The van der Waals surface area contributed by atoms with Crippen molar-refractivity contribution < 1.29 is 19.1 Å². The van der Waals surface area contributed by atoms with Gasteiger partial charge in [-0.25, -0.2) is 9.78 Å². The molecule has 0 saturated heterocycles. The smallest absolute Gasteiger partial charge is 0.336 e. The summed E-state index contributed by atoms with van der Waals surface area (Å²) >= 11 is 0. The quantitative estimate of drug-likeness (QED) is 0.303. The van der Waals surface area contributed by atoms with Gasteiger partial charge in [0.1, 0.15) is 23.1 Å². The van der Waals surface area contributed by atoms with E-state index in [-0.39, 0.29) is 11.7 Å². The zero-order valence-electron chi connectivity index (χ0n) is 19.5. The summed E-state index contributed by atoms with van der Waals surface area (Å²) in [6.07, 6.45) is -0.368. The van der Waals surface area contributed by atoms with E-state index in [0.717, 1.165) is 27.7 Å². The van der Waals surface area contributed by atoms with E-state index in [1.54, 1.807) is 24.3 Å². The van der Waals surface area contributed by atoms with Crippen LogP contribution in [0.25, 0.3) is 33.3 Å². The fourth-order valence-corrected chi connectivity index (χ4v) is 4.33. The lowest BCUT2D eigenvalue weighted by Gasteiger charge is -2.19. The SMILES string of the molecule is Cc1c(-c2cc(C(=O)O)c3c(OC(C)c4ccc(C#N)cc4)ccc(C)c3n2)oc2ccccc12. The Bertz CT molecular complexity index is 1640. The molecule has 1 atom stereocenters. The maximum absolute atomic E-state index is 12.4. The third kappa shape index (κ3) is 3.87. The van der Waals surface area contributed by atoms with Gasteiger partial charge in [0.25, 0.3) is 0 Å². The fraction of sp³-hybridized carbons (Fsp3) is 0.138. The van der Waals surface area contributed by atoms with Crippen LogP contribution in [0.3, 0.4) is 0 Å². The van der Waals surface area contributed by atoms with Crippen molar-refractivity contribution in [3.8, 4) is 23.3 Å². The van der Waals surface area contributed by atoms with Crippen LogP contribution >= 0.6 is 0 Å². The Morgan fingerprint density at radius 3 is 2.51 bits per heavy atom. The van der Waals surface area contributed by atoms with E-state index in [1.165, 1.54) is 0 Å². The van der Waals surface area contributed by atoms with Gasteiger partial charge in [-0.3, -0.25) is 0 Å². The molecule has 172 valence electrons. The monoisotopic (exact) mass is 462 g/mol. The Balaban J connectivity index is 1.66. The lowest BCUT2D eigenvalue weighted by molar-refractivity contribution is 0.0698. The maximum Gasteiger partial charge on any atom is 0.336 e. The molecule has 0 aliphatic carbocycles. The summed E-state index contributed by atoms with van der Waals surface area (Å²) in [5, 5.41) is 20.6. The Hall–Kier alpha value is -4.63. The van der Waals surface area contributed by atoms with Gasteiger partial charge in [0.05, 0.1) is 28.1 Å². The number of fused-ring (bicyclic) bond motifs is 2. The van der Waals surface area contributed by atoms with Crippen molar-refractivity contribution in [1.29, 1.82) is 5.26 Å². The number of aryl methyl sites for hydroxylation is 2. The van der Waals surface area contributed by atoms with E-state index < -0.39 is 5.97 Å². The molecule has 6 nitrogen and oxygen atoms in total. The van der Waals surface area contributed by atoms with Crippen molar-refractivity contribution in [3.05, 3.63) is 94.5 Å². The molecule has 0 spiro atoms. The van der Waals surface area contributed by atoms with E-state index >= 15 is 0 Å². The number of furan rings is 1. The highest BCUT2D eigenvalue weighted by atomic mass is 16.5. The number of benzene rings is 3. The first-order chi connectivity index (χ1) is 16.9. The van der Waals surface area contributed by atoms with Gasteiger partial charge >= 0.3 is 5.97 Å². The standard InChI is InChI=1S/C29H22N2O4/c1-16-8-13-25(34-18(3)20-11-9-19(15-30)10-12-20)26-22(29(32)33)14-23(31-27(16)26)28-17(2)21-6-4-5-7-24(21)35-28/h4-14,18H,1-3H3,(H,32,33). The third-order valence-electron chi connectivity index (χ3n) is 6.24. The molecule has 2 aromatic heterocycles. The van der Waals surface area contributed by atoms with Gasteiger partial charge in [-0.05, 0) is 62.2 Å². The molecular weight excluding hydrogens is 440 g/mol. The number of rotatable bonds is 5. The first-order valence-electron chi connectivity index (χ1n) is 11.2. The number of hydrogen-bond acceptors (Lipinski definition) is 5. The van der Waals surface area contributed by atoms with Gasteiger partial charge in [0.15, 0.2) is 5.76 Å². The third-order valence-corrected chi connectivity index (χ3v) is 6.24. The minimum absolute atomic E-state index is 0.0931. The van der Waals surface area contributed by atoms with Crippen LogP contribution in [-0.2, 0) is 0 Å². The number of aromatic carboxylic acids is 1. The van der Waals surface area contributed by atoms with Gasteiger partial charge in [-0.2, -0.15) is 5.26 Å². The van der Waals surface area contributed by atoms with Crippen LogP contribution in [-0.4, -0.2) is 16.1 Å². The van der Waals surface area contributed by atoms with Crippen molar-refractivity contribution >= 4 is 27.8 Å². The van der Waals surface area contributed by atoms with Crippen LogP contribution in [0.1, 0.15) is 45.6 Å². The number of carbonyl (C=O) groups is 1. The maximum atomic E-state index is 12.4. The molecule has 0 saturated carbocycles. The second-order valence-corrected chi connectivity index (χ2v) is 8.51. The van der Waals surface area contributed by atoms with Crippen molar-refractivity contribution in [1.82, 2.24) is 4.98 Å². The van der Waals surface area contributed by atoms with Crippen LogP contribution < -0.4 is 4.74 Å². The number of nitrogens with zero attached hydrogens (tertiary/aromatic N) is 2. The number of ether oxygens (including phenoxy) is 1. The number of aromatic nitrogens is 1.